The summed E-state index contributed by atoms with van der Waals surface area (Å²) in [5.41, 5.74) is 3.02. The van der Waals surface area contributed by atoms with E-state index >= 15 is 0 Å². The maximum Gasteiger partial charge on any atom is 0.0947 e. The van der Waals surface area contributed by atoms with Crippen molar-refractivity contribution in [2.24, 2.45) is 10.3 Å². The topological polar surface area (TPSA) is 36.8 Å². The molecule has 0 amide bonds. The van der Waals surface area contributed by atoms with Crippen molar-refractivity contribution < 1.29 is 0 Å². The Bertz CT molecular complexity index is 132. The first-order chi connectivity index (χ1) is 4.47. The molecule has 1 N–H and O–H groups in total. The van der Waals surface area contributed by atoms with Crippen LogP contribution in [0.15, 0.2) is 10.3 Å². The molecule has 0 spiro atoms. The zero-order valence-corrected chi connectivity index (χ0v) is 5.38. The molecule has 1 aliphatic carbocycles. The van der Waals surface area contributed by atoms with E-state index in [1.54, 1.807) is 0 Å². The van der Waals surface area contributed by atoms with Gasteiger partial charge in [0.25, 0.3) is 0 Å². The number of nitrogens with one attached hydrogen (secondary N) is 1. The van der Waals surface area contributed by atoms with Crippen molar-refractivity contribution in [3.05, 3.63) is 0 Å². The summed E-state index contributed by atoms with van der Waals surface area (Å²) in [4.78, 5) is 0. The Balaban J connectivity index is 2.03. The fraction of sp³-hybridized carbons (Fsp3) is 1.00. The third-order valence-electron chi connectivity index (χ3n) is 2.16. The molecule has 0 bridgehead atoms. The number of nitrogens with zero attached hydrogens (tertiary/aromatic N) is 2. The molecule has 0 unspecified atom stereocenters. The monoisotopic (exact) mass is 125 g/mol. The van der Waals surface area contributed by atoms with Crippen LogP contribution in [0.3, 0.4) is 0 Å². The van der Waals surface area contributed by atoms with Crippen molar-refractivity contribution in [1.82, 2.24) is 5.43 Å². The Morgan fingerprint density at radius 2 is 2.11 bits per heavy atom. The van der Waals surface area contributed by atoms with Crippen molar-refractivity contribution >= 4 is 0 Å². The lowest BCUT2D eigenvalue weighted by Gasteiger charge is -2.20. The van der Waals surface area contributed by atoms with Crippen molar-refractivity contribution in [3.8, 4) is 0 Å². The molecule has 2 atom stereocenters. The van der Waals surface area contributed by atoms with Gasteiger partial charge in [0.1, 0.15) is 0 Å². The average molecular weight is 125 g/mol. The smallest absolute Gasteiger partial charge is 0.0947 e. The van der Waals surface area contributed by atoms with Crippen molar-refractivity contribution in [3.63, 3.8) is 0 Å². The number of hydrogen-bond donors (Lipinski definition) is 1. The molecule has 1 fully saturated rings. The summed E-state index contributed by atoms with van der Waals surface area (Å²) >= 11 is 0. The van der Waals surface area contributed by atoms with E-state index in [1.807, 2.05) is 0 Å². The van der Waals surface area contributed by atoms with Gasteiger partial charge in [-0.25, -0.2) is 0 Å². The minimum Gasteiger partial charge on any atom is -0.286 e. The van der Waals surface area contributed by atoms with Crippen molar-refractivity contribution in [2.45, 2.75) is 37.8 Å². The molecule has 50 valence electrons. The van der Waals surface area contributed by atoms with Gasteiger partial charge in [-0.05, 0) is 12.8 Å². The van der Waals surface area contributed by atoms with Crippen molar-refractivity contribution in [2.75, 3.05) is 0 Å². The molecule has 3 nitrogen and oxygen atoms in total. The van der Waals surface area contributed by atoms with E-state index in [-0.39, 0.29) is 0 Å². The van der Waals surface area contributed by atoms with Crippen LogP contribution in [0.4, 0.5) is 0 Å². The van der Waals surface area contributed by atoms with Crippen LogP contribution in [0.25, 0.3) is 0 Å². The van der Waals surface area contributed by atoms with E-state index in [0.717, 1.165) is 0 Å². The second-order valence-electron chi connectivity index (χ2n) is 2.80. The van der Waals surface area contributed by atoms with E-state index in [2.05, 4.69) is 15.8 Å². The molecule has 9 heavy (non-hydrogen) atoms. The normalized spacial score (nSPS) is 40.0. The SMILES string of the molecule is C1CC[C@H]2NN=N[C@H]2C1. The zero-order chi connectivity index (χ0) is 6.10. The first-order valence-corrected chi connectivity index (χ1v) is 3.62. The average Bonchev–Trinajstić information content (AvgIpc) is 2.33. The summed E-state index contributed by atoms with van der Waals surface area (Å²) in [5.74, 6) is 0. The molecule has 3 heteroatoms. The molecule has 0 radical (unpaired) electrons. The van der Waals surface area contributed by atoms with Crippen LogP contribution in [-0.4, -0.2) is 12.1 Å². The van der Waals surface area contributed by atoms with Crippen LogP contribution in [0, 0.1) is 0 Å². The van der Waals surface area contributed by atoms with Gasteiger partial charge < -0.3 is 0 Å². The van der Waals surface area contributed by atoms with Gasteiger partial charge in [0, 0.05) is 0 Å². The molecule has 0 saturated heterocycles. The lowest BCUT2D eigenvalue weighted by atomic mass is 9.92. The number of rotatable bonds is 0. The van der Waals surface area contributed by atoms with Gasteiger partial charge in [0.2, 0.25) is 0 Å². The van der Waals surface area contributed by atoms with Crippen molar-refractivity contribution in [1.29, 1.82) is 0 Å². The van der Waals surface area contributed by atoms with E-state index < -0.39 is 0 Å². The van der Waals surface area contributed by atoms with Gasteiger partial charge in [-0.2, -0.15) is 5.11 Å². The summed E-state index contributed by atoms with van der Waals surface area (Å²) in [6, 6.07) is 1.09. The summed E-state index contributed by atoms with van der Waals surface area (Å²) in [5, 5.41) is 7.87. The van der Waals surface area contributed by atoms with Crippen LogP contribution in [0.5, 0.6) is 0 Å². The van der Waals surface area contributed by atoms with Gasteiger partial charge >= 0.3 is 0 Å². The zero-order valence-electron chi connectivity index (χ0n) is 5.38. The second-order valence-corrected chi connectivity index (χ2v) is 2.80. The summed E-state index contributed by atoms with van der Waals surface area (Å²) in [6.07, 6.45) is 5.18. The minimum atomic E-state index is 0.513. The summed E-state index contributed by atoms with van der Waals surface area (Å²) in [6.45, 7) is 0. The third kappa shape index (κ3) is 0.802. The third-order valence-corrected chi connectivity index (χ3v) is 2.16. The van der Waals surface area contributed by atoms with E-state index in [9.17, 15) is 0 Å². The predicted octanol–water partition coefficient (Wildman–Crippen LogP) is 1.27. The number of fused-ring (bicyclic) bond motifs is 1. The van der Waals surface area contributed by atoms with Gasteiger partial charge in [-0.15, -0.1) is 0 Å². The van der Waals surface area contributed by atoms with Crippen LogP contribution in [0.2, 0.25) is 0 Å². The molecule has 0 aromatic heterocycles. The van der Waals surface area contributed by atoms with Gasteiger partial charge in [-0.3, -0.25) is 5.43 Å². The minimum absolute atomic E-state index is 0.513. The van der Waals surface area contributed by atoms with E-state index in [1.165, 1.54) is 25.7 Å². The van der Waals surface area contributed by atoms with Gasteiger partial charge in [-0.1, -0.05) is 18.1 Å². The molecular formula is C6H11N3. The first kappa shape index (κ1) is 5.21. The predicted molar refractivity (Wildman–Crippen MR) is 34.0 cm³/mol. The molecule has 1 aliphatic heterocycles. The molecule has 0 aromatic rings. The lowest BCUT2D eigenvalue weighted by molar-refractivity contribution is 0.378. The highest BCUT2D eigenvalue weighted by Crippen LogP contribution is 2.24. The molecule has 1 saturated carbocycles. The second kappa shape index (κ2) is 1.97. The molecule has 2 aliphatic rings. The fourth-order valence-corrected chi connectivity index (χ4v) is 1.58. The highest BCUT2D eigenvalue weighted by molar-refractivity contribution is 4.86. The first-order valence-electron chi connectivity index (χ1n) is 3.62. The van der Waals surface area contributed by atoms with E-state index in [4.69, 9.17) is 0 Å². The highest BCUT2D eigenvalue weighted by atomic mass is 15.5. The lowest BCUT2D eigenvalue weighted by Crippen LogP contribution is -2.33. The molecule has 0 aromatic carbocycles. The van der Waals surface area contributed by atoms with Crippen LogP contribution in [0.1, 0.15) is 25.7 Å². The van der Waals surface area contributed by atoms with E-state index in [0.29, 0.717) is 12.1 Å². The Morgan fingerprint density at radius 1 is 1.22 bits per heavy atom. The molecular weight excluding hydrogens is 114 g/mol. The molecule has 2 rings (SSSR count). The van der Waals surface area contributed by atoms with Gasteiger partial charge in [0.15, 0.2) is 0 Å². The summed E-state index contributed by atoms with van der Waals surface area (Å²) in [7, 11) is 0. The standard InChI is InChI=1S/C6H11N3/c1-2-4-6-5(3-1)7-9-8-6/h5-6H,1-4H2,(H,7,8)/t5-,6+. The quantitative estimate of drug-likeness (QED) is 0.520. The van der Waals surface area contributed by atoms with Crippen LogP contribution >= 0.6 is 0 Å². The maximum atomic E-state index is 4.07. The Labute approximate surface area is 54.5 Å². The van der Waals surface area contributed by atoms with Crippen LogP contribution in [-0.2, 0) is 0 Å². The highest BCUT2D eigenvalue weighted by Gasteiger charge is 2.27. The largest absolute Gasteiger partial charge is 0.286 e. The Kier molecular flexibility index (Phi) is 1.14. The number of hydrogen-bond acceptors (Lipinski definition) is 3. The maximum absolute atomic E-state index is 4.07. The van der Waals surface area contributed by atoms with Gasteiger partial charge in [0.05, 0.1) is 12.1 Å². The molecule has 1 heterocycles. The van der Waals surface area contributed by atoms with Crippen LogP contribution < -0.4 is 5.43 Å². The Morgan fingerprint density at radius 3 is 3.00 bits per heavy atom. The summed E-state index contributed by atoms with van der Waals surface area (Å²) < 4.78 is 0. The fourth-order valence-electron chi connectivity index (χ4n) is 1.58. The Hall–Kier alpha value is -0.600.